The number of benzene rings is 1. The molecule has 0 aliphatic carbocycles. The van der Waals surface area contributed by atoms with Crippen molar-refractivity contribution in [3.05, 3.63) is 57.0 Å². The van der Waals surface area contributed by atoms with Crippen LogP contribution in [0.1, 0.15) is 4.88 Å². The number of thiophene rings is 1. The molecular formula is C15H11N3O3S. The van der Waals surface area contributed by atoms with Gasteiger partial charge in [-0.3, -0.25) is 14.9 Å². The lowest BCUT2D eigenvalue weighted by molar-refractivity contribution is -0.384. The van der Waals surface area contributed by atoms with Crippen LogP contribution < -0.4 is 5.32 Å². The van der Waals surface area contributed by atoms with Gasteiger partial charge in [-0.25, -0.2) is 0 Å². The minimum absolute atomic E-state index is 0.0153. The second-order valence-electron chi connectivity index (χ2n) is 4.23. The SMILES string of the molecule is CNC(=O)/C(C#N)=C/c1ccc(-c2ccccc2[N+](=O)[O-])s1. The number of hydrogen-bond donors (Lipinski definition) is 1. The molecule has 1 aromatic heterocycles. The standard InChI is InChI=1S/C15H11N3O3S/c1-17-15(19)10(9-16)8-11-6-7-14(22-11)12-4-2-3-5-13(12)18(20)21/h2-8H,1H3,(H,17,19)/b10-8+. The minimum Gasteiger partial charge on any atom is -0.354 e. The van der Waals surface area contributed by atoms with Crippen LogP contribution >= 0.6 is 11.3 Å². The Bertz CT molecular complexity index is 802. The number of amides is 1. The third-order valence-electron chi connectivity index (χ3n) is 2.87. The molecule has 2 aromatic rings. The Balaban J connectivity index is 2.42. The van der Waals surface area contributed by atoms with Crippen molar-refractivity contribution in [1.29, 1.82) is 5.26 Å². The molecule has 7 heteroatoms. The summed E-state index contributed by atoms with van der Waals surface area (Å²) in [6, 6.07) is 11.7. The maximum Gasteiger partial charge on any atom is 0.278 e. The van der Waals surface area contributed by atoms with E-state index in [1.807, 2.05) is 6.07 Å². The number of carbonyl (C=O) groups excluding carboxylic acids is 1. The Morgan fingerprint density at radius 2 is 2.09 bits per heavy atom. The van der Waals surface area contributed by atoms with E-state index in [4.69, 9.17) is 5.26 Å². The van der Waals surface area contributed by atoms with Crippen LogP contribution in [-0.2, 0) is 4.79 Å². The number of nitrogens with zero attached hydrogens (tertiary/aromatic N) is 2. The predicted octanol–water partition coefficient (Wildman–Crippen LogP) is 2.98. The fourth-order valence-electron chi connectivity index (χ4n) is 1.84. The minimum atomic E-state index is -0.469. The second-order valence-corrected chi connectivity index (χ2v) is 5.34. The molecule has 0 radical (unpaired) electrons. The molecule has 0 atom stereocenters. The molecule has 0 bridgehead atoms. The summed E-state index contributed by atoms with van der Waals surface area (Å²) in [6.07, 6.45) is 1.46. The summed E-state index contributed by atoms with van der Waals surface area (Å²) in [6.45, 7) is 0. The number of hydrogen-bond acceptors (Lipinski definition) is 5. The molecule has 22 heavy (non-hydrogen) atoms. The van der Waals surface area contributed by atoms with Crippen LogP contribution in [0.25, 0.3) is 16.5 Å². The highest BCUT2D eigenvalue weighted by molar-refractivity contribution is 7.16. The molecule has 2 rings (SSSR count). The molecule has 1 heterocycles. The van der Waals surface area contributed by atoms with E-state index in [9.17, 15) is 14.9 Å². The van der Waals surface area contributed by atoms with Crippen molar-refractivity contribution < 1.29 is 9.72 Å². The fraction of sp³-hybridized carbons (Fsp3) is 0.0667. The molecule has 0 fully saturated rings. The van der Waals surface area contributed by atoms with Gasteiger partial charge in [-0.2, -0.15) is 5.26 Å². The van der Waals surface area contributed by atoms with Crippen LogP contribution in [0, 0.1) is 21.4 Å². The van der Waals surface area contributed by atoms with E-state index >= 15 is 0 Å². The first kappa shape index (κ1) is 15.4. The lowest BCUT2D eigenvalue weighted by Crippen LogP contribution is -2.18. The topological polar surface area (TPSA) is 96.0 Å². The number of nitriles is 1. The Hall–Kier alpha value is -2.98. The van der Waals surface area contributed by atoms with Crippen molar-refractivity contribution in [3.8, 4) is 16.5 Å². The highest BCUT2D eigenvalue weighted by Gasteiger charge is 2.16. The van der Waals surface area contributed by atoms with E-state index in [0.29, 0.717) is 15.3 Å². The number of carbonyl (C=O) groups is 1. The number of likely N-dealkylation sites (N-methyl/N-ethyl adjacent to an activating group) is 1. The second kappa shape index (κ2) is 6.65. The quantitative estimate of drug-likeness (QED) is 0.406. The van der Waals surface area contributed by atoms with Gasteiger partial charge in [0.1, 0.15) is 11.6 Å². The summed E-state index contributed by atoms with van der Waals surface area (Å²) < 4.78 is 0. The highest BCUT2D eigenvalue weighted by Crippen LogP contribution is 2.35. The van der Waals surface area contributed by atoms with Gasteiger partial charge in [0.2, 0.25) is 0 Å². The monoisotopic (exact) mass is 313 g/mol. The maximum absolute atomic E-state index is 11.5. The Labute approximate surface area is 130 Å². The largest absolute Gasteiger partial charge is 0.354 e. The van der Waals surface area contributed by atoms with Crippen molar-refractivity contribution in [3.63, 3.8) is 0 Å². The first-order valence-corrected chi connectivity index (χ1v) is 7.06. The molecule has 0 unspecified atom stereocenters. The average Bonchev–Trinajstić information content (AvgIpc) is 3.00. The molecule has 0 saturated heterocycles. The van der Waals surface area contributed by atoms with Gasteiger partial charge >= 0.3 is 0 Å². The van der Waals surface area contributed by atoms with Gasteiger partial charge < -0.3 is 5.32 Å². The van der Waals surface area contributed by atoms with Crippen molar-refractivity contribution in [2.24, 2.45) is 0 Å². The van der Waals surface area contributed by atoms with Crippen molar-refractivity contribution in [2.45, 2.75) is 0 Å². The summed E-state index contributed by atoms with van der Waals surface area (Å²) in [7, 11) is 1.45. The molecule has 0 spiro atoms. The van der Waals surface area contributed by atoms with Gasteiger partial charge in [0, 0.05) is 22.9 Å². The molecule has 1 N–H and O–H groups in total. The molecule has 1 amide bonds. The van der Waals surface area contributed by atoms with Gasteiger partial charge in [0.05, 0.1) is 10.5 Å². The zero-order valence-corrected chi connectivity index (χ0v) is 12.4. The lowest BCUT2D eigenvalue weighted by atomic mass is 10.1. The van der Waals surface area contributed by atoms with Crippen LogP contribution in [0.2, 0.25) is 0 Å². The summed E-state index contributed by atoms with van der Waals surface area (Å²) in [4.78, 5) is 23.5. The third kappa shape index (κ3) is 3.19. The van der Waals surface area contributed by atoms with Gasteiger partial charge in [-0.15, -0.1) is 11.3 Å². The van der Waals surface area contributed by atoms with Gasteiger partial charge in [0.25, 0.3) is 11.6 Å². The molecule has 0 aliphatic rings. The van der Waals surface area contributed by atoms with Crippen molar-refractivity contribution in [2.75, 3.05) is 7.05 Å². The van der Waals surface area contributed by atoms with Crippen LogP contribution in [0.3, 0.4) is 0 Å². The van der Waals surface area contributed by atoms with E-state index in [-0.39, 0.29) is 11.3 Å². The zero-order valence-electron chi connectivity index (χ0n) is 11.6. The van der Waals surface area contributed by atoms with Crippen LogP contribution in [0.15, 0.2) is 42.0 Å². The highest BCUT2D eigenvalue weighted by atomic mass is 32.1. The van der Waals surface area contributed by atoms with E-state index in [1.54, 1.807) is 30.3 Å². The van der Waals surface area contributed by atoms with Crippen LogP contribution in [0.5, 0.6) is 0 Å². The van der Waals surface area contributed by atoms with Gasteiger partial charge in [-0.05, 0) is 24.3 Å². The Morgan fingerprint density at radius 1 is 1.36 bits per heavy atom. The molecular weight excluding hydrogens is 302 g/mol. The fourth-order valence-corrected chi connectivity index (χ4v) is 2.83. The van der Waals surface area contributed by atoms with Gasteiger partial charge in [-0.1, -0.05) is 12.1 Å². The normalized spacial score (nSPS) is 10.8. The zero-order chi connectivity index (χ0) is 16.1. The van der Waals surface area contributed by atoms with Gasteiger partial charge in [0.15, 0.2) is 0 Å². The molecule has 0 saturated carbocycles. The Morgan fingerprint density at radius 3 is 2.73 bits per heavy atom. The number of nitrogens with one attached hydrogen (secondary N) is 1. The van der Waals surface area contributed by atoms with Crippen LogP contribution in [0.4, 0.5) is 5.69 Å². The first-order valence-electron chi connectivity index (χ1n) is 6.24. The third-order valence-corrected chi connectivity index (χ3v) is 3.94. The van der Waals surface area contributed by atoms with E-state index in [1.165, 1.54) is 30.5 Å². The summed E-state index contributed by atoms with van der Waals surface area (Å²) >= 11 is 1.28. The number of rotatable bonds is 4. The van der Waals surface area contributed by atoms with E-state index < -0.39 is 10.8 Å². The van der Waals surface area contributed by atoms with Crippen molar-refractivity contribution >= 4 is 29.0 Å². The van der Waals surface area contributed by atoms with Crippen molar-refractivity contribution in [1.82, 2.24) is 5.32 Å². The predicted molar refractivity (Wildman–Crippen MR) is 84.1 cm³/mol. The molecule has 6 nitrogen and oxygen atoms in total. The number of nitro benzene ring substituents is 1. The van der Waals surface area contributed by atoms with E-state index in [0.717, 1.165) is 0 Å². The number of para-hydroxylation sites is 1. The maximum atomic E-state index is 11.5. The Kier molecular flexibility index (Phi) is 4.66. The molecule has 110 valence electrons. The molecule has 0 aliphatic heterocycles. The smallest absolute Gasteiger partial charge is 0.278 e. The summed E-state index contributed by atoms with van der Waals surface area (Å²) in [5.41, 5.74) is 0.515. The number of nitro groups is 1. The molecule has 1 aromatic carbocycles. The summed E-state index contributed by atoms with van der Waals surface area (Å²) in [5, 5.41) is 22.4. The van der Waals surface area contributed by atoms with Crippen LogP contribution in [-0.4, -0.2) is 17.9 Å². The average molecular weight is 313 g/mol. The lowest BCUT2D eigenvalue weighted by Gasteiger charge is -1.99. The summed E-state index contributed by atoms with van der Waals surface area (Å²) in [5.74, 6) is -0.469. The first-order chi connectivity index (χ1) is 10.6. The van der Waals surface area contributed by atoms with E-state index in [2.05, 4.69) is 5.32 Å².